The molecule has 0 spiro atoms. The van der Waals surface area contributed by atoms with E-state index in [2.05, 4.69) is 15.5 Å². The van der Waals surface area contributed by atoms with Crippen molar-refractivity contribution in [2.45, 2.75) is 26.7 Å². The molecule has 1 saturated heterocycles. The third-order valence-electron chi connectivity index (χ3n) is 5.56. The van der Waals surface area contributed by atoms with Gasteiger partial charge in [0, 0.05) is 61.2 Å². The fraction of sp³-hybridized carbons (Fsp3) is 0.348. The number of carbonyl (C=O) groups is 2. The van der Waals surface area contributed by atoms with Crippen LogP contribution in [0.4, 0.5) is 17.1 Å². The third kappa shape index (κ3) is 6.04. The van der Waals surface area contributed by atoms with E-state index in [-0.39, 0.29) is 27.8 Å². The van der Waals surface area contributed by atoms with Crippen molar-refractivity contribution in [1.29, 1.82) is 0 Å². The van der Waals surface area contributed by atoms with Gasteiger partial charge in [-0.25, -0.2) is 0 Å². The largest absolute Gasteiger partial charge is 0.368 e. The third-order valence-corrected chi connectivity index (χ3v) is 5.76. The predicted octanol–water partition coefficient (Wildman–Crippen LogP) is 3.48. The Bertz CT molecular complexity index is 1050. The van der Waals surface area contributed by atoms with Crippen LogP contribution in [0, 0.1) is 17.0 Å². The first-order valence-electron chi connectivity index (χ1n) is 10.8. The average molecular weight is 470 g/mol. The zero-order valence-corrected chi connectivity index (χ0v) is 19.5. The summed E-state index contributed by atoms with van der Waals surface area (Å²) in [5.74, 6) is -0.298. The van der Waals surface area contributed by atoms with E-state index in [9.17, 15) is 19.7 Å². The van der Waals surface area contributed by atoms with Gasteiger partial charge in [-0.05, 0) is 55.9 Å². The monoisotopic (exact) mass is 469 g/mol. The Balaban J connectivity index is 1.55. The van der Waals surface area contributed by atoms with Crippen LogP contribution < -0.4 is 15.5 Å². The summed E-state index contributed by atoms with van der Waals surface area (Å²) in [6.07, 6.45) is 1.46. The molecule has 0 aliphatic carbocycles. The Morgan fingerprint density at radius 1 is 1.09 bits per heavy atom. The van der Waals surface area contributed by atoms with Gasteiger partial charge in [-0.1, -0.05) is 13.0 Å². The number of amides is 2. The maximum atomic E-state index is 12.5. The molecule has 0 atom stereocenters. The Morgan fingerprint density at radius 3 is 2.36 bits per heavy atom. The molecule has 1 aliphatic heterocycles. The first-order valence-corrected chi connectivity index (χ1v) is 11.2. The Labute approximate surface area is 197 Å². The summed E-state index contributed by atoms with van der Waals surface area (Å²) in [5.41, 5.74) is 2.11. The minimum absolute atomic E-state index is 0.0988. The SMILES string of the molecule is CCCC(=O)N1CCN(c2ccc(NC(=S)NC(=O)c3cccc([N+](=O)[O-])c3C)cc2)CC1. The number of anilines is 2. The standard InChI is InChI=1S/C23H27N5O4S/c1-3-5-21(29)27-14-12-26(13-15-27)18-10-8-17(9-11-18)24-23(33)25-22(30)19-6-4-7-20(16(19)2)28(31)32/h4,6-11H,3,5,12-15H2,1-2H3,(H2,24,25,30,33). The lowest BCUT2D eigenvalue weighted by atomic mass is 10.1. The molecule has 0 bridgehead atoms. The summed E-state index contributed by atoms with van der Waals surface area (Å²) >= 11 is 5.23. The number of nitrogens with zero attached hydrogens (tertiary/aromatic N) is 3. The Kier molecular flexibility index (Phi) is 7.94. The van der Waals surface area contributed by atoms with Crippen molar-refractivity contribution in [3.63, 3.8) is 0 Å². The van der Waals surface area contributed by atoms with Crippen LogP contribution in [0.5, 0.6) is 0 Å². The van der Waals surface area contributed by atoms with E-state index in [1.54, 1.807) is 0 Å². The number of carbonyl (C=O) groups excluding carboxylic acids is 2. The van der Waals surface area contributed by atoms with Crippen LogP contribution in [-0.4, -0.2) is 52.9 Å². The summed E-state index contributed by atoms with van der Waals surface area (Å²) in [7, 11) is 0. The molecule has 1 aliphatic rings. The molecule has 1 heterocycles. The van der Waals surface area contributed by atoms with Crippen molar-refractivity contribution in [2.75, 3.05) is 36.4 Å². The molecule has 1 fully saturated rings. The molecule has 0 radical (unpaired) electrons. The zero-order valence-electron chi connectivity index (χ0n) is 18.7. The Morgan fingerprint density at radius 2 is 1.76 bits per heavy atom. The smallest absolute Gasteiger partial charge is 0.273 e. The van der Waals surface area contributed by atoms with Gasteiger partial charge in [0.2, 0.25) is 5.91 Å². The first-order chi connectivity index (χ1) is 15.8. The van der Waals surface area contributed by atoms with E-state index in [4.69, 9.17) is 12.2 Å². The van der Waals surface area contributed by atoms with Gasteiger partial charge in [0.05, 0.1) is 4.92 Å². The molecule has 3 rings (SSSR count). The highest BCUT2D eigenvalue weighted by Gasteiger charge is 2.21. The number of piperazine rings is 1. The van der Waals surface area contributed by atoms with E-state index in [1.165, 1.54) is 25.1 Å². The van der Waals surface area contributed by atoms with E-state index in [0.29, 0.717) is 25.2 Å². The van der Waals surface area contributed by atoms with Crippen LogP contribution in [0.15, 0.2) is 42.5 Å². The number of nitro benzene ring substituents is 1. The number of hydrogen-bond acceptors (Lipinski definition) is 6. The second-order valence-electron chi connectivity index (χ2n) is 7.78. The fourth-order valence-electron chi connectivity index (χ4n) is 3.74. The molecule has 2 amide bonds. The molecule has 0 saturated carbocycles. The number of thiocarbonyl (C=S) groups is 1. The predicted molar refractivity (Wildman–Crippen MR) is 132 cm³/mol. The molecule has 2 aromatic carbocycles. The highest BCUT2D eigenvalue weighted by Crippen LogP contribution is 2.22. The Hall–Kier alpha value is -3.53. The van der Waals surface area contributed by atoms with E-state index in [1.807, 2.05) is 36.1 Å². The van der Waals surface area contributed by atoms with Gasteiger partial charge in [-0.15, -0.1) is 0 Å². The molecule has 9 nitrogen and oxygen atoms in total. The molecule has 10 heteroatoms. The van der Waals surface area contributed by atoms with Gasteiger partial charge < -0.3 is 15.1 Å². The zero-order chi connectivity index (χ0) is 24.0. The lowest BCUT2D eigenvalue weighted by Crippen LogP contribution is -2.48. The van der Waals surface area contributed by atoms with Crippen molar-refractivity contribution in [3.05, 3.63) is 63.7 Å². The van der Waals surface area contributed by atoms with Gasteiger partial charge in [-0.2, -0.15) is 0 Å². The number of nitro groups is 1. The maximum absolute atomic E-state index is 12.5. The van der Waals surface area contributed by atoms with E-state index < -0.39 is 10.8 Å². The molecule has 2 N–H and O–H groups in total. The van der Waals surface area contributed by atoms with Crippen LogP contribution in [0.3, 0.4) is 0 Å². The van der Waals surface area contributed by atoms with Crippen molar-refractivity contribution < 1.29 is 14.5 Å². The average Bonchev–Trinajstić information content (AvgIpc) is 2.79. The van der Waals surface area contributed by atoms with Crippen molar-refractivity contribution >= 4 is 46.2 Å². The number of nitrogens with one attached hydrogen (secondary N) is 2. The minimum atomic E-state index is -0.521. The highest BCUT2D eigenvalue weighted by molar-refractivity contribution is 7.80. The van der Waals surface area contributed by atoms with Gasteiger partial charge in [0.15, 0.2) is 5.11 Å². The van der Waals surface area contributed by atoms with Crippen LogP contribution in [0.1, 0.15) is 35.7 Å². The normalized spacial score (nSPS) is 13.4. The van der Waals surface area contributed by atoms with Gasteiger partial charge in [0.1, 0.15) is 0 Å². The van der Waals surface area contributed by atoms with Crippen molar-refractivity contribution in [2.24, 2.45) is 0 Å². The fourth-order valence-corrected chi connectivity index (χ4v) is 3.95. The summed E-state index contributed by atoms with van der Waals surface area (Å²) < 4.78 is 0. The summed E-state index contributed by atoms with van der Waals surface area (Å²) in [6.45, 7) is 6.52. The molecule has 33 heavy (non-hydrogen) atoms. The topological polar surface area (TPSA) is 108 Å². The number of rotatable bonds is 6. The van der Waals surface area contributed by atoms with Crippen molar-refractivity contribution in [1.82, 2.24) is 10.2 Å². The highest BCUT2D eigenvalue weighted by atomic mass is 32.1. The van der Waals surface area contributed by atoms with Crippen molar-refractivity contribution in [3.8, 4) is 0 Å². The molecule has 2 aromatic rings. The summed E-state index contributed by atoms with van der Waals surface area (Å²) in [5, 5.41) is 16.7. The van der Waals surface area contributed by atoms with Gasteiger partial charge >= 0.3 is 0 Å². The van der Waals surface area contributed by atoms with Crippen LogP contribution in [0.2, 0.25) is 0 Å². The lowest BCUT2D eigenvalue weighted by molar-refractivity contribution is -0.385. The second-order valence-corrected chi connectivity index (χ2v) is 8.19. The summed E-state index contributed by atoms with van der Waals surface area (Å²) in [6, 6.07) is 12.0. The van der Waals surface area contributed by atoms with E-state index >= 15 is 0 Å². The molecule has 0 aromatic heterocycles. The number of benzene rings is 2. The molecule has 174 valence electrons. The van der Waals surface area contributed by atoms with Crippen LogP contribution in [-0.2, 0) is 4.79 Å². The van der Waals surface area contributed by atoms with Gasteiger partial charge in [-0.3, -0.25) is 25.0 Å². The maximum Gasteiger partial charge on any atom is 0.273 e. The first kappa shape index (κ1) is 24.1. The summed E-state index contributed by atoms with van der Waals surface area (Å²) in [4.78, 5) is 39.3. The number of hydrogen-bond donors (Lipinski definition) is 2. The van der Waals surface area contributed by atoms with Crippen LogP contribution in [0.25, 0.3) is 0 Å². The van der Waals surface area contributed by atoms with E-state index in [0.717, 1.165) is 25.2 Å². The molecular weight excluding hydrogens is 442 g/mol. The second kappa shape index (κ2) is 10.9. The molecular formula is C23H27N5O4S. The minimum Gasteiger partial charge on any atom is -0.368 e. The molecule has 0 unspecified atom stereocenters. The lowest BCUT2D eigenvalue weighted by Gasteiger charge is -2.36. The van der Waals surface area contributed by atoms with Crippen LogP contribution >= 0.6 is 12.2 Å². The van der Waals surface area contributed by atoms with Gasteiger partial charge in [0.25, 0.3) is 11.6 Å². The quantitative estimate of drug-likeness (QED) is 0.379.